The Labute approximate surface area is 179 Å². The summed E-state index contributed by atoms with van der Waals surface area (Å²) in [6, 6.07) is 20.9. The maximum absolute atomic E-state index is 12.4. The lowest BCUT2D eigenvalue weighted by atomic mass is 10.1. The Bertz CT molecular complexity index is 1200. The van der Waals surface area contributed by atoms with Crippen LogP contribution < -0.4 is 20.1 Å². The molecule has 3 N–H and O–H groups in total. The Kier molecular flexibility index (Phi) is 5.14. The highest BCUT2D eigenvalue weighted by molar-refractivity contribution is 6.00. The van der Waals surface area contributed by atoms with Crippen molar-refractivity contribution in [3.63, 3.8) is 0 Å². The number of hydrogen-bond donors (Lipinski definition) is 3. The van der Waals surface area contributed by atoms with Crippen molar-refractivity contribution in [2.24, 2.45) is 0 Å². The molecule has 1 aliphatic rings. The van der Waals surface area contributed by atoms with Gasteiger partial charge in [0.15, 0.2) is 11.5 Å². The van der Waals surface area contributed by atoms with Crippen LogP contribution in [0.5, 0.6) is 11.5 Å². The van der Waals surface area contributed by atoms with Crippen LogP contribution in [0, 0.1) is 0 Å². The number of rotatable bonds is 5. The number of nitrogens with one attached hydrogen (secondary N) is 3. The first-order valence-electron chi connectivity index (χ1n) is 10.2. The smallest absolute Gasteiger partial charge is 0.323 e. The fourth-order valence-corrected chi connectivity index (χ4v) is 3.61. The first kappa shape index (κ1) is 19.0. The van der Waals surface area contributed by atoms with Gasteiger partial charge in [0.25, 0.3) is 0 Å². The summed E-state index contributed by atoms with van der Waals surface area (Å²) in [5.41, 5.74) is 4.52. The molecule has 2 heterocycles. The average molecular weight is 414 g/mol. The summed E-state index contributed by atoms with van der Waals surface area (Å²) in [4.78, 5) is 20.4. The van der Waals surface area contributed by atoms with E-state index in [1.54, 1.807) is 18.2 Å². The van der Waals surface area contributed by atoms with Gasteiger partial charge in [-0.25, -0.2) is 9.78 Å². The maximum Gasteiger partial charge on any atom is 0.323 e. The van der Waals surface area contributed by atoms with Gasteiger partial charge < -0.3 is 25.1 Å². The zero-order valence-electron chi connectivity index (χ0n) is 16.9. The minimum absolute atomic E-state index is 0.314. The van der Waals surface area contributed by atoms with Gasteiger partial charge in [0.2, 0.25) is 0 Å². The molecule has 0 saturated heterocycles. The van der Waals surface area contributed by atoms with Crippen molar-refractivity contribution in [2.75, 3.05) is 23.8 Å². The fraction of sp³-hybridized carbons (Fsp3) is 0.167. The summed E-state index contributed by atoms with van der Waals surface area (Å²) < 4.78 is 11.1. The molecule has 0 atom stereocenters. The Morgan fingerprint density at radius 3 is 2.55 bits per heavy atom. The lowest BCUT2D eigenvalue weighted by Gasteiger charge is -2.19. The van der Waals surface area contributed by atoms with Crippen molar-refractivity contribution in [1.29, 1.82) is 0 Å². The second kappa shape index (κ2) is 8.39. The van der Waals surface area contributed by atoms with Crippen LogP contribution in [0.3, 0.4) is 0 Å². The number of anilines is 2. The molecule has 1 aliphatic heterocycles. The van der Waals surface area contributed by atoms with E-state index in [1.807, 2.05) is 48.5 Å². The summed E-state index contributed by atoms with van der Waals surface area (Å²) in [6.45, 7) is 1.04. The Morgan fingerprint density at radius 2 is 1.68 bits per heavy atom. The zero-order chi connectivity index (χ0) is 21.0. The number of amides is 2. The van der Waals surface area contributed by atoms with Gasteiger partial charge in [0, 0.05) is 23.9 Å². The van der Waals surface area contributed by atoms with Crippen molar-refractivity contribution < 1.29 is 14.3 Å². The van der Waals surface area contributed by atoms with Crippen LogP contribution in [0.15, 0.2) is 66.7 Å². The number of aryl methyl sites for hydroxylation is 2. The monoisotopic (exact) mass is 414 g/mol. The largest absolute Gasteiger partial charge is 0.486 e. The van der Waals surface area contributed by atoms with E-state index in [2.05, 4.69) is 20.6 Å². The quantitative estimate of drug-likeness (QED) is 0.439. The van der Waals surface area contributed by atoms with Crippen LogP contribution in [0.1, 0.15) is 11.4 Å². The molecule has 3 aromatic carbocycles. The highest BCUT2D eigenvalue weighted by Gasteiger charge is 2.13. The third kappa shape index (κ3) is 4.45. The van der Waals surface area contributed by atoms with Crippen LogP contribution in [0.25, 0.3) is 11.0 Å². The molecule has 31 heavy (non-hydrogen) atoms. The number of H-pyrrole nitrogens is 1. The topological polar surface area (TPSA) is 88.3 Å². The van der Waals surface area contributed by atoms with Crippen LogP contribution in [-0.2, 0) is 12.8 Å². The number of aromatic amines is 1. The number of urea groups is 1. The standard InChI is InChI=1S/C24H22N4O3/c29-24(26-18-9-10-21-22(15-18)31-13-12-30-21)25-17-5-3-4-16(14-17)8-11-23-27-19-6-1-2-7-20(19)28-23/h1-7,9-10,14-15H,8,11-13H2,(H,27,28)(H2,25,26,29). The van der Waals surface area contributed by atoms with E-state index in [-0.39, 0.29) is 6.03 Å². The molecule has 0 radical (unpaired) electrons. The van der Waals surface area contributed by atoms with E-state index < -0.39 is 0 Å². The van der Waals surface area contributed by atoms with Gasteiger partial charge in [0.1, 0.15) is 19.0 Å². The minimum atomic E-state index is -0.314. The molecule has 0 saturated carbocycles. The van der Waals surface area contributed by atoms with Crippen molar-refractivity contribution in [1.82, 2.24) is 9.97 Å². The van der Waals surface area contributed by atoms with E-state index in [0.717, 1.165) is 41.0 Å². The second-order valence-electron chi connectivity index (χ2n) is 7.34. The molecule has 1 aromatic heterocycles. The number of carbonyl (C=O) groups excluding carboxylic acids is 1. The van der Waals surface area contributed by atoms with Crippen LogP contribution in [-0.4, -0.2) is 29.2 Å². The van der Waals surface area contributed by atoms with Gasteiger partial charge >= 0.3 is 6.03 Å². The van der Waals surface area contributed by atoms with Gasteiger partial charge in [-0.15, -0.1) is 0 Å². The normalized spacial score (nSPS) is 12.5. The van der Waals surface area contributed by atoms with E-state index in [1.165, 1.54) is 0 Å². The van der Waals surface area contributed by atoms with E-state index >= 15 is 0 Å². The number of fused-ring (bicyclic) bond motifs is 2. The van der Waals surface area contributed by atoms with Gasteiger partial charge in [-0.3, -0.25) is 0 Å². The first-order chi connectivity index (χ1) is 15.2. The molecule has 4 aromatic rings. The van der Waals surface area contributed by atoms with Crippen molar-refractivity contribution in [2.45, 2.75) is 12.8 Å². The summed E-state index contributed by atoms with van der Waals surface area (Å²) in [6.07, 6.45) is 1.61. The van der Waals surface area contributed by atoms with Crippen molar-refractivity contribution in [3.8, 4) is 11.5 Å². The number of carbonyl (C=O) groups is 1. The van der Waals surface area contributed by atoms with E-state index in [9.17, 15) is 4.79 Å². The van der Waals surface area contributed by atoms with Crippen LogP contribution >= 0.6 is 0 Å². The SMILES string of the molecule is O=C(Nc1cccc(CCc2nc3ccccc3[nH]2)c1)Nc1ccc2c(c1)OCCO2. The molecule has 2 amide bonds. The number of imidazole rings is 1. The summed E-state index contributed by atoms with van der Waals surface area (Å²) >= 11 is 0. The summed E-state index contributed by atoms with van der Waals surface area (Å²) in [5, 5.41) is 5.72. The number of benzene rings is 3. The first-order valence-corrected chi connectivity index (χ1v) is 10.2. The van der Waals surface area contributed by atoms with Crippen molar-refractivity contribution >= 4 is 28.4 Å². The summed E-state index contributed by atoms with van der Waals surface area (Å²) in [5.74, 6) is 2.28. The number of ether oxygens (including phenoxy) is 2. The van der Waals surface area contributed by atoms with Gasteiger partial charge in [-0.05, 0) is 48.4 Å². The lowest BCUT2D eigenvalue weighted by molar-refractivity contribution is 0.171. The molecular weight excluding hydrogens is 392 g/mol. The predicted molar refractivity (Wildman–Crippen MR) is 120 cm³/mol. The van der Waals surface area contributed by atoms with E-state index in [0.29, 0.717) is 30.4 Å². The van der Waals surface area contributed by atoms with Gasteiger partial charge in [-0.2, -0.15) is 0 Å². The molecule has 7 nitrogen and oxygen atoms in total. The van der Waals surface area contributed by atoms with Gasteiger partial charge in [-0.1, -0.05) is 24.3 Å². The number of para-hydroxylation sites is 2. The highest BCUT2D eigenvalue weighted by atomic mass is 16.6. The molecule has 5 rings (SSSR count). The molecule has 0 fully saturated rings. The molecule has 0 spiro atoms. The Balaban J connectivity index is 1.20. The fourth-order valence-electron chi connectivity index (χ4n) is 3.61. The summed E-state index contributed by atoms with van der Waals surface area (Å²) in [7, 11) is 0. The molecule has 7 heteroatoms. The molecule has 0 aliphatic carbocycles. The molecule has 156 valence electrons. The average Bonchev–Trinajstić information content (AvgIpc) is 3.21. The maximum atomic E-state index is 12.4. The predicted octanol–water partition coefficient (Wildman–Crippen LogP) is 4.76. The number of nitrogens with zero attached hydrogens (tertiary/aromatic N) is 1. The molecular formula is C24H22N4O3. The second-order valence-corrected chi connectivity index (χ2v) is 7.34. The lowest BCUT2D eigenvalue weighted by Crippen LogP contribution is -2.20. The van der Waals surface area contributed by atoms with Gasteiger partial charge in [0.05, 0.1) is 11.0 Å². The highest BCUT2D eigenvalue weighted by Crippen LogP contribution is 2.32. The van der Waals surface area contributed by atoms with Crippen molar-refractivity contribution in [3.05, 3.63) is 78.1 Å². The molecule has 0 bridgehead atoms. The third-order valence-electron chi connectivity index (χ3n) is 5.07. The zero-order valence-corrected chi connectivity index (χ0v) is 16.9. The number of hydrogen-bond acceptors (Lipinski definition) is 4. The van der Waals surface area contributed by atoms with Crippen LogP contribution in [0.4, 0.5) is 16.2 Å². The van der Waals surface area contributed by atoms with Crippen LogP contribution in [0.2, 0.25) is 0 Å². The third-order valence-corrected chi connectivity index (χ3v) is 5.07. The Morgan fingerprint density at radius 1 is 0.871 bits per heavy atom. The minimum Gasteiger partial charge on any atom is -0.486 e. The Hall–Kier alpha value is -4.00. The molecule has 0 unspecified atom stereocenters. The number of aromatic nitrogens is 2. The van der Waals surface area contributed by atoms with E-state index in [4.69, 9.17) is 9.47 Å².